The van der Waals surface area contributed by atoms with E-state index in [0.29, 0.717) is 6.54 Å². The highest BCUT2D eigenvalue weighted by atomic mass is 16.5. The highest BCUT2D eigenvalue weighted by Crippen LogP contribution is 2.26. The Balaban J connectivity index is 1.58. The van der Waals surface area contributed by atoms with Crippen molar-refractivity contribution >= 4 is 11.6 Å². The molecule has 2 fully saturated rings. The van der Waals surface area contributed by atoms with Crippen LogP contribution in [0.5, 0.6) is 0 Å². The summed E-state index contributed by atoms with van der Waals surface area (Å²) in [5.74, 6) is 0.194. The fourth-order valence-electron chi connectivity index (χ4n) is 3.56. The van der Waals surface area contributed by atoms with Gasteiger partial charge in [0, 0.05) is 38.4 Å². The molecule has 0 bridgehead atoms. The highest BCUT2D eigenvalue weighted by molar-refractivity contribution is 5.79. The van der Waals surface area contributed by atoms with E-state index in [4.69, 9.17) is 10.5 Å². The average Bonchev–Trinajstić information content (AvgIpc) is 3.01. The molecule has 0 aromatic heterocycles. The van der Waals surface area contributed by atoms with E-state index in [1.54, 1.807) is 0 Å². The number of amides is 1. The minimum atomic E-state index is 0.00706. The monoisotopic (exact) mass is 317 g/mol. The van der Waals surface area contributed by atoms with Crippen molar-refractivity contribution in [2.45, 2.75) is 31.8 Å². The Morgan fingerprint density at radius 1 is 1.26 bits per heavy atom. The lowest BCUT2D eigenvalue weighted by molar-refractivity contribution is -0.134. The van der Waals surface area contributed by atoms with Crippen molar-refractivity contribution in [3.63, 3.8) is 0 Å². The zero-order valence-electron chi connectivity index (χ0n) is 13.9. The standard InChI is InChI=1S/C18H27N3O2/c1-20(18(22)16-3-2-4-17(16)19)13-14-5-7-15(8-6-14)21-9-11-23-12-10-21/h5-8,16-17H,2-4,9-13,19H2,1H3/t16-,17-/m1/s1. The molecule has 0 unspecified atom stereocenters. The van der Waals surface area contributed by atoms with Crippen LogP contribution >= 0.6 is 0 Å². The molecule has 1 aromatic carbocycles. The fourth-order valence-corrected chi connectivity index (χ4v) is 3.56. The van der Waals surface area contributed by atoms with Crippen molar-refractivity contribution in [1.29, 1.82) is 0 Å². The molecule has 1 saturated heterocycles. The maximum Gasteiger partial charge on any atom is 0.227 e. The third-order valence-corrected chi connectivity index (χ3v) is 5.00. The first-order chi connectivity index (χ1) is 11.1. The molecule has 2 N–H and O–H groups in total. The van der Waals surface area contributed by atoms with Gasteiger partial charge >= 0.3 is 0 Å². The molecule has 1 aromatic rings. The van der Waals surface area contributed by atoms with Gasteiger partial charge in [0.05, 0.1) is 19.1 Å². The second kappa shape index (κ2) is 7.32. The molecule has 1 amide bonds. The predicted molar refractivity (Wildman–Crippen MR) is 91.3 cm³/mol. The van der Waals surface area contributed by atoms with Crippen LogP contribution in [-0.4, -0.2) is 50.2 Å². The number of hydrogen-bond acceptors (Lipinski definition) is 4. The summed E-state index contributed by atoms with van der Waals surface area (Å²) in [7, 11) is 1.88. The van der Waals surface area contributed by atoms with E-state index < -0.39 is 0 Å². The lowest BCUT2D eigenvalue weighted by Crippen LogP contribution is -2.39. The van der Waals surface area contributed by atoms with Crippen LogP contribution in [0.15, 0.2) is 24.3 Å². The van der Waals surface area contributed by atoms with E-state index in [1.165, 1.54) is 5.69 Å². The molecule has 3 rings (SSSR count). The van der Waals surface area contributed by atoms with Crippen LogP contribution in [0, 0.1) is 5.92 Å². The van der Waals surface area contributed by atoms with Gasteiger partial charge in [-0.05, 0) is 30.5 Å². The lowest BCUT2D eigenvalue weighted by Gasteiger charge is -2.29. The largest absolute Gasteiger partial charge is 0.378 e. The molecule has 2 atom stereocenters. The number of morpholine rings is 1. The quantitative estimate of drug-likeness (QED) is 0.916. The summed E-state index contributed by atoms with van der Waals surface area (Å²) in [5, 5.41) is 0. The van der Waals surface area contributed by atoms with Crippen molar-refractivity contribution in [1.82, 2.24) is 4.90 Å². The zero-order valence-corrected chi connectivity index (χ0v) is 13.9. The summed E-state index contributed by atoms with van der Waals surface area (Å²) in [6, 6.07) is 8.54. The SMILES string of the molecule is CN(Cc1ccc(N2CCOCC2)cc1)C(=O)[C@@H]1CCC[C@H]1N. The van der Waals surface area contributed by atoms with Gasteiger partial charge in [-0.3, -0.25) is 4.79 Å². The molecule has 2 aliphatic rings. The number of carbonyl (C=O) groups excluding carboxylic acids is 1. The molecule has 5 heteroatoms. The van der Waals surface area contributed by atoms with Crippen LogP contribution in [0.1, 0.15) is 24.8 Å². The topological polar surface area (TPSA) is 58.8 Å². The Morgan fingerprint density at radius 2 is 1.96 bits per heavy atom. The summed E-state index contributed by atoms with van der Waals surface area (Å²) in [5.41, 5.74) is 8.43. The van der Waals surface area contributed by atoms with E-state index in [0.717, 1.165) is 51.1 Å². The second-order valence-electron chi connectivity index (χ2n) is 6.66. The third-order valence-electron chi connectivity index (χ3n) is 5.00. The molecule has 23 heavy (non-hydrogen) atoms. The Bertz CT molecular complexity index is 526. The maximum atomic E-state index is 12.5. The molecular weight excluding hydrogens is 290 g/mol. The van der Waals surface area contributed by atoms with Gasteiger partial charge in [0.25, 0.3) is 0 Å². The van der Waals surface area contributed by atoms with E-state index in [9.17, 15) is 4.79 Å². The molecule has 1 heterocycles. The number of ether oxygens (including phenoxy) is 1. The molecule has 1 saturated carbocycles. The van der Waals surface area contributed by atoms with Crippen LogP contribution in [0.3, 0.4) is 0 Å². The average molecular weight is 317 g/mol. The van der Waals surface area contributed by atoms with Gasteiger partial charge in [-0.25, -0.2) is 0 Å². The van der Waals surface area contributed by atoms with Crippen LogP contribution in [-0.2, 0) is 16.1 Å². The number of anilines is 1. The lowest BCUT2D eigenvalue weighted by atomic mass is 10.0. The van der Waals surface area contributed by atoms with Crippen molar-refractivity contribution in [2.24, 2.45) is 11.7 Å². The molecule has 0 spiro atoms. The summed E-state index contributed by atoms with van der Waals surface area (Å²) >= 11 is 0. The van der Waals surface area contributed by atoms with Gasteiger partial charge in [-0.1, -0.05) is 18.6 Å². The van der Waals surface area contributed by atoms with Crippen molar-refractivity contribution < 1.29 is 9.53 Å². The first-order valence-corrected chi connectivity index (χ1v) is 8.57. The van der Waals surface area contributed by atoms with Crippen molar-refractivity contribution in [2.75, 3.05) is 38.3 Å². The Hall–Kier alpha value is -1.59. The molecule has 0 radical (unpaired) electrons. The Morgan fingerprint density at radius 3 is 2.57 bits per heavy atom. The molecule has 1 aliphatic heterocycles. The highest BCUT2D eigenvalue weighted by Gasteiger charge is 2.32. The first-order valence-electron chi connectivity index (χ1n) is 8.57. The van der Waals surface area contributed by atoms with Crippen LogP contribution in [0.4, 0.5) is 5.69 Å². The van der Waals surface area contributed by atoms with Gasteiger partial charge in [0.2, 0.25) is 5.91 Å². The number of benzene rings is 1. The van der Waals surface area contributed by atoms with E-state index >= 15 is 0 Å². The summed E-state index contributed by atoms with van der Waals surface area (Å²) in [6.45, 7) is 4.11. The summed E-state index contributed by atoms with van der Waals surface area (Å²) in [6.07, 6.45) is 2.97. The van der Waals surface area contributed by atoms with Gasteiger partial charge in [-0.2, -0.15) is 0 Å². The smallest absolute Gasteiger partial charge is 0.227 e. The number of nitrogens with two attached hydrogens (primary N) is 1. The van der Waals surface area contributed by atoms with E-state index in [1.807, 2.05) is 11.9 Å². The number of nitrogens with zero attached hydrogens (tertiary/aromatic N) is 2. The third kappa shape index (κ3) is 3.85. The summed E-state index contributed by atoms with van der Waals surface area (Å²) in [4.78, 5) is 16.7. The second-order valence-corrected chi connectivity index (χ2v) is 6.66. The maximum absolute atomic E-state index is 12.5. The Labute approximate surface area is 138 Å². The minimum absolute atomic E-state index is 0.00706. The van der Waals surface area contributed by atoms with Gasteiger partial charge < -0.3 is 20.3 Å². The molecule has 126 valence electrons. The van der Waals surface area contributed by atoms with E-state index in [2.05, 4.69) is 29.2 Å². The number of rotatable bonds is 4. The van der Waals surface area contributed by atoms with Gasteiger partial charge in [0.15, 0.2) is 0 Å². The van der Waals surface area contributed by atoms with E-state index in [-0.39, 0.29) is 17.9 Å². The molecule has 1 aliphatic carbocycles. The number of carbonyl (C=O) groups is 1. The molecular formula is C18H27N3O2. The summed E-state index contributed by atoms with van der Waals surface area (Å²) < 4.78 is 5.39. The predicted octanol–water partition coefficient (Wildman–Crippen LogP) is 1.61. The molecule has 5 nitrogen and oxygen atoms in total. The first kappa shape index (κ1) is 16.3. The normalized spacial score (nSPS) is 24.7. The van der Waals surface area contributed by atoms with Crippen molar-refractivity contribution in [3.8, 4) is 0 Å². The van der Waals surface area contributed by atoms with Crippen LogP contribution in [0.25, 0.3) is 0 Å². The Kier molecular flexibility index (Phi) is 5.18. The minimum Gasteiger partial charge on any atom is -0.378 e. The zero-order chi connectivity index (χ0) is 16.2. The number of hydrogen-bond donors (Lipinski definition) is 1. The van der Waals surface area contributed by atoms with Gasteiger partial charge in [0.1, 0.15) is 0 Å². The van der Waals surface area contributed by atoms with Crippen LogP contribution < -0.4 is 10.6 Å². The fraction of sp³-hybridized carbons (Fsp3) is 0.611. The van der Waals surface area contributed by atoms with Crippen molar-refractivity contribution in [3.05, 3.63) is 29.8 Å². The van der Waals surface area contributed by atoms with Gasteiger partial charge in [-0.15, -0.1) is 0 Å². The van der Waals surface area contributed by atoms with Crippen LogP contribution in [0.2, 0.25) is 0 Å².